The second-order valence-electron chi connectivity index (χ2n) is 46.2. The standard InChI is InChI=1S/C41H62O10Si2.C38H58O8Si2.C33H42O10/c1-12-30-46-32-31-26(6)28(50-53(14-3,15-4)16-5)24-41(38(31,7)8,51-52(10)11)35(48-36(42)27-20-18-17-19-21-27)33-39(9,34(32)47-30)23-22-29-40(33,25-45-29)49-37(43)44-13-2;1-11-28-42-30-29-24(5)26(45-48(12-2,13-3)14-4)22-38(35(29,6)7,46-47(9)10)33(44-34(39)25-18-16-15-17-19-25)31-36(8,32(30)43-28)21-20-27-37(31,40)23-41-27;1-7-22-40-24-23-18(3)20(34)16-33(37,30(23,4)5)27(42-28(35)19-12-10-9-11-13-19)25-31(6,26(24)41-22)15-14-21-32(25,17-39-21)43-29(36)38-8-2/h12,17-21,28-30,32-35,52H,1,13-16,22-25H2,2-11H3;11,15-19,26-28,30-33,40,47H,1,12-14,20-23H2,2-10H3;7,9-13,20-22,24-27,34,37H,1,8,14-17H2,2-6H3/t28?,29?,30?,32?,33?,34?,35?,39-,40?,41?;26?,27?,28?,30?,31?,32?,33?,36-,37?,38?;20-,21+,22?,24+,25-,26+,27-,31+,32-,33+/m110/s1. The van der Waals surface area contributed by atoms with Gasteiger partial charge in [0.05, 0.1) is 104 Å². The van der Waals surface area contributed by atoms with Crippen LogP contribution in [0.3, 0.4) is 0 Å². The van der Waals surface area contributed by atoms with Gasteiger partial charge in [-0.05, 0) is 224 Å². The number of aliphatic hydroxyl groups is 3. The predicted octanol–water partition coefficient (Wildman–Crippen LogP) is 19.2. The maximum absolute atomic E-state index is 14.6. The van der Waals surface area contributed by atoms with Crippen molar-refractivity contribution >= 4 is 64.9 Å². The summed E-state index contributed by atoms with van der Waals surface area (Å²) in [5, 5.41) is 37.4. The van der Waals surface area contributed by atoms with E-state index in [1.807, 2.05) is 64.1 Å². The van der Waals surface area contributed by atoms with E-state index in [0.717, 1.165) is 58.6 Å². The summed E-state index contributed by atoms with van der Waals surface area (Å²) in [4.78, 5) is 69.4. The molecule has 12 fully saturated rings. The quantitative estimate of drug-likeness (QED) is 0.0276. The Kier molecular flexibility index (Phi) is 31.4. The van der Waals surface area contributed by atoms with E-state index in [9.17, 15) is 39.3 Å². The molecule has 19 unspecified atom stereocenters. The molecule has 3 N–H and O–H groups in total. The van der Waals surface area contributed by atoms with E-state index in [0.29, 0.717) is 79.2 Å². The number of hydrogen-bond donors (Lipinski definition) is 3. The van der Waals surface area contributed by atoms with Crippen molar-refractivity contribution in [2.24, 2.45) is 50.2 Å². The minimum Gasteiger partial charge on any atom is -0.455 e. The minimum atomic E-state index is -2.19. The van der Waals surface area contributed by atoms with E-state index >= 15 is 0 Å². The van der Waals surface area contributed by atoms with E-state index in [2.05, 4.69) is 143 Å². The van der Waals surface area contributed by atoms with Crippen molar-refractivity contribution in [2.75, 3.05) is 33.0 Å². The first-order chi connectivity index (χ1) is 68.1. The molecule has 6 aliphatic heterocycles. The summed E-state index contributed by atoms with van der Waals surface area (Å²) in [5.41, 5.74) is -5.51. The third-order valence-electron chi connectivity index (χ3n) is 37.7. The van der Waals surface area contributed by atoms with Gasteiger partial charge in [-0.1, -0.05) is 178 Å². The van der Waals surface area contributed by atoms with Crippen molar-refractivity contribution in [1.82, 2.24) is 0 Å². The molecular weight excluding hydrogens is 1910 g/mol. The Morgan fingerprint density at radius 1 is 0.424 bits per heavy atom. The number of benzene rings is 3. The topological polar surface area (TPSA) is 331 Å². The van der Waals surface area contributed by atoms with Crippen molar-refractivity contribution in [2.45, 2.75) is 403 Å². The summed E-state index contributed by atoms with van der Waals surface area (Å²) in [6.07, 6.45) is -3.29. The molecule has 9 aliphatic carbocycles. The molecule has 15 aliphatic rings. The number of fused-ring (bicyclic) bond motifs is 24. The van der Waals surface area contributed by atoms with Crippen LogP contribution in [0.15, 0.2) is 162 Å². The summed E-state index contributed by atoms with van der Waals surface area (Å²) in [6, 6.07) is 32.7. The number of ether oxygens (including phenoxy) is 16. The highest BCUT2D eigenvalue weighted by atomic mass is 28.4. The molecule has 30 atom stereocenters. The van der Waals surface area contributed by atoms with Crippen molar-refractivity contribution < 1.29 is 133 Å². The Hall–Kier alpha value is -6.72. The van der Waals surface area contributed by atoms with E-state index < -0.39 is 241 Å². The lowest BCUT2D eigenvalue weighted by Crippen LogP contribution is -2.80. The van der Waals surface area contributed by atoms with Crippen LogP contribution in [0, 0.1) is 50.2 Å². The first-order valence-corrected chi connectivity index (χ1v) is 63.9. The average molecular weight is 2070 g/mol. The van der Waals surface area contributed by atoms with E-state index in [1.54, 1.807) is 86.7 Å². The lowest BCUT2D eigenvalue weighted by Gasteiger charge is -2.69. The molecule has 6 bridgehead atoms. The molecule has 0 radical (unpaired) electrons. The van der Waals surface area contributed by atoms with Crippen LogP contribution < -0.4 is 0 Å². The second-order valence-corrected chi connectivity index (χ2v) is 60.3. The van der Waals surface area contributed by atoms with Gasteiger partial charge in [0, 0.05) is 57.7 Å². The number of hydrogen-bond acceptors (Lipinski definition) is 28. The SMILES string of the molecule is C=CC1OC2C3=C(C)C(O[Si](CC)(CC)CC)CC(O[SiH](C)C)(C(OC(=O)c4ccccc4)C4C5(O)COC5CC[C@@]4(C)C2O1)C3(C)C.C=CC1OC2C3=C(C)C(O[Si](CC)(CC)CC)CC(O[SiH](C)C)(C(OC(=O)c4ccccc4)C4C5(OC(=O)OCC)COC5CC[C@@]4(C)C2O1)C3(C)C.C=CC1O[C@@H]2C3=C(C)[C@@H](O)C[C@@](O)([C@@H](OC(=O)c4ccccc4)[C@H]4[C@@](C)(CC[C@H]5OC[C@]54OC(=O)OCC)[C@@H]2O1)C3(C)C. The van der Waals surface area contributed by atoms with Gasteiger partial charge in [0.1, 0.15) is 71.2 Å². The van der Waals surface area contributed by atoms with Crippen LogP contribution >= 0.6 is 0 Å². The predicted molar refractivity (Wildman–Crippen MR) is 550 cm³/mol. The lowest BCUT2D eigenvalue weighted by atomic mass is 9.45. The molecule has 794 valence electrons. The smallest absolute Gasteiger partial charge is 0.455 e. The van der Waals surface area contributed by atoms with Crippen LogP contribution in [0.1, 0.15) is 227 Å². The molecule has 0 amide bonds. The Labute approximate surface area is 857 Å². The fourth-order valence-electron chi connectivity index (χ4n) is 29.7. The van der Waals surface area contributed by atoms with E-state index in [-0.39, 0.29) is 57.8 Å². The summed E-state index contributed by atoms with van der Waals surface area (Å²) < 4.78 is 133. The monoisotopic (exact) mass is 2070 g/mol. The molecular formula is C112H162O28Si4. The molecule has 144 heavy (non-hydrogen) atoms. The Bertz CT molecular complexity index is 5300. The summed E-state index contributed by atoms with van der Waals surface area (Å²) in [5.74, 6) is -3.57. The highest BCUT2D eigenvalue weighted by Gasteiger charge is 2.82. The van der Waals surface area contributed by atoms with Crippen LogP contribution in [-0.2, 0) is 93.5 Å². The van der Waals surface area contributed by atoms with Crippen LogP contribution in [0.2, 0.25) is 62.5 Å². The Morgan fingerprint density at radius 3 is 1.06 bits per heavy atom. The van der Waals surface area contributed by atoms with Crippen molar-refractivity contribution in [1.29, 1.82) is 0 Å². The Morgan fingerprint density at radius 2 is 0.743 bits per heavy atom. The largest absolute Gasteiger partial charge is 0.509 e. The number of rotatable bonds is 27. The Balaban J connectivity index is 0.000000156. The van der Waals surface area contributed by atoms with Gasteiger partial charge in [-0.3, -0.25) is 0 Å². The summed E-state index contributed by atoms with van der Waals surface area (Å²) in [7, 11) is -8.08. The average Bonchev–Trinajstić information content (AvgIpc) is 1.23. The zero-order valence-electron chi connectivity index (χ0n) is 89.5. The molecule has 18 rings (SSSR count). The number of esters is 3. The molecule has 32 heteroatoms. The zero-order chi connectivity index (χ0) is 104. The van der Waals surface area contributed by atoms with E-state index in [1.165, 1.54) is 0 Å². The highest BCUT2D eigenvalue weighted by molar-refractivity contribution is 6.74. The molecule has 3 aromatic carbocycles. The fraction of sp³-hybridized carbons (Fsp3) is 0.688. The van der Waals surface area contributed by atoms with Crippen molar-refractivity contribution in [3.63, 3.8) is 0 Å². The first-order valence-electron chi connectivity index (χ1n) is 53.2. The molecule has 0 aromatic heterocycles. The van der Waals surface area contributed by atoms with Crippen LogP contribution in [0.4, 0.5) is 9.59 Å². The van der Waals surface area contributed by atoms with Crippen LogP contribution in [0.25, 0.3) is 0 Å². The van der Waals surface area contributed by atoms with Crippen molar-refractivity contribution in [3.8, 4) is 0 Å². The highest BCUT2D eigenvalue weighted by Crippen LogP contribution is 2.73. The molecule has 0 spiro atoms. The first kappa shape index (κ1) is 110. The second kappa shape index (κ2) is 41.1. The number of aliphatic hydroxyl groups excluding tert-OH is 1. The lowest BCUT2D eigenvalue weighted by molar-refractivity contribution is -0.344. The van der Waals surface area contributed by atoms with Crippen LogP contribution in [0.5, 0.6) is 0 Å². The molecule has 28 nitrogen and oxygen atoms in total. The van der Waals surface area contributed by atoms with Gasteiger partial charge in [-0.2, -0.15) is 0 Å². The molecule has 6 heterocycles. The molecule has 3 aromatic rings. The fourth-order valence-corrected chi connectivity index (χ4v) is 38.2. The third kappa shape index (κ3) is 17.7. The van der Waals surface area contributed by atoms with Gasteiger partial charge in [0.2, 0.25) is 0 Å². The van der Waals surface area contributed by atoms with Crippen LogP contribution in [-0.4, -0.2) is 257 Å². The van der Waals surface area contributed by atoms with Gasteiger partial charge >= 0.3 is 30.2 Å². The number of carbonyl (C=O) groups is 5. The maximum atomic E-state index is 14.6. The van der Waals surface area contributed by atoms with Gasteiger partial charge in [-0.25, -0.2) is 24.0 Å². The zero-order valence-corrected chi connectivity index (χ0v) is 93.8. The minimum absolute atomic E-state index is 0.0139. The normalized spacial score (nSPS) is 39.9. The van der Waals surface area contributed by atoms with Gasteiger partial charge < -0.3 is 109 Å². The molecule has 6 saturated heterocycles. The van der Waals surface area contributed by atoms with Gasteiger partial charge in [-0.15, -0.1) is 0 Å². The summed E-state index contributed by atoms with van der Waals surface area (Å²) in [6.45, 7) is 63.4. The van der Waals surface area contributed by atoms with Crippen molar-refractivity contribution in [3.05, 3.63) is 179 Å². The maximum Gasteiger partial charge on any atom is 0.509 e. The summed E-state index contributed by atoms with van der Waals surface area (Å²) >= 11 is 0. The molecule has 6 saturated carbocycles. The number of carbonyl (C=O) groups excluding carboxylic acids is 5. The van der Waals surface area contributed by atoms with Gasteiger partial charge in [0.15, 0.2) is 64.8 Å². The van der Waals surface area contributed by atoms with Gasteiger partial charge in [0.25, 0.3) is 0 Å². The third-order valence-corrected chi connectivity index (χ3v) is 48.8. The van der Waals surface area contributed by atoms with E-state index in [4.69, 9.17) is 93.5 Å².